The highest BCUT2D eigenvalue weighted by atomic mass is 32.2. The van der Waals surface area contributed by atoms with Crippen LogP contribution in [0, 0.1) is 0 Å². The Balaban J connectivity index is 1.37. The average Bonchev–Trinajstić information content (AvgIpc) is 3.16. The smallest absolute Gasteiger partial charge is 0.321 e. The minimum absolute atomic E-state index is 0.177. The molecular formula is C19H20N2O5S. The lowest BCUT2D eigenvalue weighted by atomic mass is 10.1. The molecule has 0 aromatic heterocycles. The number of ether oxygens (including phenoxy) is 2. The number of hydrogen-bond donors (Lipinski definition) is 1. The molecule has 0 spiro atoms. The van der Waals surface area contributed by atoms with Crippen LogP contribution in [0.4, 0.5) is 10.5 Å². The highest BCUT2D eigenvalue weighted by Gasteiger charge is 2.32. The number of carbonyl (C=O) groups excluding carboxylic acids is 1. The summed E-state index contributed by atoms with van der Waals surface area (Å²) in [7, 11) is -3.37. The molecule has 7 nitrogen and oxygen atoms in total. The van der Waals surface area contributed by atoms with Crippen LogP contribution in [0.15, 0.2) is 53.4 Å². The third-order valence-electron chi connectivity index (χ3n) is 4.86. The molecule has 2 aliphatic heterocycles. The van der Waals surface area contributed by atoms with Crippen molar-refractivity contribution in [3.63, 3.8) is 0 Å². The molecule has 1 fully saturated rings. The van der Waals surface area contributed by atoms with E-state index in [0.717, 1.165) is 0 Å². The maximum absolute atomic E-state index is 12.7. The molecule has 142 valence electrons. The van der Waals surface area contributed by atoms with Gasteiger partial charge in [0.15, 0.2) is 21.3 Å². The van der Waals surface area contributed by atoms with E-state index in [1.54, 1.807) is 53.4 Å². The molecule has 0 saturated carbocycles. The van der Waals surface area contributed by atoms with Crippen LogP contribution in [0.2, 0.25) is 0 Å². The third-order valence-corrected chi connectivity index (χ3v) is 7.14. The van der Waals surface area contributed by atoms with Gasteiger partial charge in [0.25, 0.3) is 0 Å². The summed E-state index contributed by atoms with van der Waals surface area (Å²) in [6, 6.07) is 13.4. The van der Waals surface area contributed by atoms with E-state index in [0.29, 0.717) is 48.0 Å². The minimum atomic E-state index is -3.37. The number of fused-ring (bicyclic) bond motifs is 1. The normalized spacial score (nSPS) is 17.0. The van der Waals surface area contributed by atoms with Crippen LogP contribution in [0.5, 0.6) is 11.5 Å². The van der Waals surface area contributed by atoms with E-state index in [2.05, 4.69) is 5.32 Å². The van der Waals surface area contributed by atoms with Crippen LogP contribution in [-0.4, -0.2) is 44.5 Å². The van der Waals surface area contributed by atoms with Crippen molar-refractivity contribution in [2.24, 2.45) is 0 Å². The maximum Gasteiger partial charge on any atom is 0.321 e. The summed E-state index contributed by atoms with van der Waals surface area (Å²) < 4.78 is 36.0. The number of likely N-dealkylation sites (tertiary alicyclic amines) is 1. The van der Waals surface area contributed by atoms with Crippen LogP contribution >= 0.6 is 0 Å². The molecule has 2 aromatic carbocycles. The number of rotatable bonds is 3. The Bertz CT molecular complexity index is 938. The molecule has 0 atom stereocenters. The van der Waals surface area contributed by atoms with E-state index >= 15 is 0 Å². The fourth-order valence-corrected chi connectivity index (χ4v) is 5.10. The topological polar surface area (TPSA) is 84.9 Å². The quantitative estimate of drug-likeness (QED) is 0.874. The van der Waals surface area contributed by atoms with Crippen molar-refractivity contribution in [2.45, 2.75) is 23.0 Å². The van der Waals surface area contributed by atoms with Gasteiger partial charge in [0, 0.05) is 24.8 Å². The maximum atomic E-state index is 12.7. The lowest BCUT2D eigenvalue weighted by Gasteiger charge is -2.31. The first-order valence-corrected chi connectivity index (χ1v) is 10.3. The van der Waals surface area contributed by atoms with Crippen LogP contribution in [0.3, 0.4) is 0 Å². The molecule has 0 aliphatic carbocycles. The molecule has 27 heavy (non-hydrogen) atoms. The largest absolute Gasteiger partial charge is 0.454 e. The molecular weight excluding hydrogens is 368 g/mol. The first-order chi connectivity index (χ1) is 13.0. The molecule has 8 heteroatoms. The highest BCUT2D eigenvalue weighted by molar-refractivity contribution is 7.92. The van der Waals surface area contributed by atoms with Crippen LogP contribution in [0.25, 0.3) is 0 Å². The van der Waals surface area contributed by atoms with Gasteiger partial charge < -0.3 is 19.7 Å². The number of nitrogens with zero attached hydrogens (tertiary/aromatic N) is 1. The van der Waals surface area contributed by atoms with Gasteiger partial charge in [-0.2, -0.15) is 0 Å². The van der Waals surface area contributed by atoms with Crippen LogP contribution in [-0.2, 0) is 9.84 Å². The van der Waals surface area contributed by atoms with Gasteiger partial charge in [-0.05, 0) is 37.1 Å². The molecule has 1 N–H and O–H groups in total. The molecule has 2 aromatic rings. The molecule has 4 rings (SSSR count). The van der Waals surface area contributed by atoms with Gasteiger partial charge in [0.1, 0.15) is 0 Å². The van der Waals surface area contributed by atoms with Crippen LogP contribution < -0.4 is 14.8 Å². The molecule has 0 bridgehead atoms. The zero-order chi connectivity index (χ0) is 18.9. The number of piperidine rings is 1. The van der Waals surface area contributed by atoms with Crippen molar-refractivity contribution < 1.29 is 22.7 Å². The number of urea groups is 1. The fourth-order valence-electron chi connectivity index (χ4n) is 3.35. The monoisotopic (exact) mass is 388 g/mol. The number of anilines is 1. The van der Waals surface area contributed by atoms with Crippen molar-refractivity contribution >= 4 is 21.6 Å². The van der Waals surface area contributed by atoms with Crippen molar-refractivity contribution in [1.82, 2.24) is 4.90 Å². The number of amides is 2. The molecule has 0 radical (unpaired) electrons. The van der Waals surface area contributed by atoms with Gasteiger partial charge in [0.05, 0.1) is 10.1 Å². The summed E-state index contributed by atoms with van der Waals surface area (Å²) in [6.07, 6.45) is 0.845. The number of hydrogen-bond acceptors (Lipinski definition) is 5. The van der Waals surface area contributed by atoms with Gasteiger partial charge in [-0.3, -0.25) is 0 Å². The first-order valence-electron chi connectivity index (χ1n) is 8.78. The zero-order valence-electron chi connectivity index (χ0n) is 14.6. The third kappa shape index (κ3) is 3.57. The predicted octanol–water partition coefficient (Wildman–Crippen LogP) is 2.89. The molecule has 1 saturated heterocycles. The molecule has 2 heterocycles. The van der Waals surface area contributed by atoms with E-state index in [1.165, 1.54) is 0 Å². The van der Waals surface area contributed by atoms with Crippen molar-refractivity contribution in [3.05, 3.63) is 48.5 Å². The second-order valence-electron chi connectivity index (χ2n) is 6.54. The lowest BCUT2D eigenvalue weighted by Crippen LogP contribution is -2.44. The number of sulfone groups is 1. The van der Waals surface area contributed by atoms with E-state index in [-0.39, 0.29) is 12.8 Å². The second-order valence-corrected chi connectivity index (χ2v) is 8.77. The predicted molar refractivity (Wildman–Crippen MR) is 99.8 cm³/mol. The number of benzene rings is 2. The lowest BCUT2D eigenvalue weighted by molar-refractivity contribution is 0.174. The van der Waals surface area contributed by atoms with Gasteiger partial charge >= 0.3 is 6.03 Å². The fraction of sp³-hybridized carbons (Fsp3) is 0.316. The van der Waals surface area contributed by atoms with Crippen LogP contribution in [0.1, 0.15) is 12.8 Å². The Morgan fingerprint density at radius 1 is 1.00 bits per heavy atom. The van der Waals surface area contributed by atoms with Gasteiger partial charge in [0.2, 0.25) is 6.79 Å². The Morgan fingerprint density at radius 2 is 1.70 bits per heavy atom. The van der Waals surface area contributed by atoms with E-state index in [9.17, 15) is 13.2 Å². The standard InChI is InChI=1S/C19H20N2O5S/c22-19(20-14-6-7-17-18(12-14)26-13-25-17)21-10-8-16(9-11-21)27(23,24)15-4-2-1-3-5-15/h1-7,12,16H,8-11,13H2,(H,20,22). The van der Waals surface area contributed by atoms with Crippen molar-refractivity contribution in [3.8, 4) is 11.5 Å². The van der Waals surface area contributed by atoms with Gasteiger partial charge in [-0.1, -0.05) is 18.2 Å². The zero-order valence-corrected chi connectivity index (χ0v) is 15.4. The molecule has 2 aliphatic rings. The van der Waals surface area contributed by atoms with Gasteiger partial charge in [-0.25, -0.2) is 13.2 Å². The average molecular weight is 388 g/mol. The van der Waals surface area contributed by atoms with E-state index < -0.39 is 15.1 Å². The SMILES string of the molecule is O=C(Nc1ccc2c(c1)OCO2)N1CCC(S(=O)(=O)c2ccccc2)CC1. The van der Waals surface area contributed by atoms with Gasteiger partial charge in [-0.15, -0.1) is 0 Å². The van der Waals surface area contributed by atoms with Crippen molar-refractivity contribution in [2.75, 3.05) is 25.2 Å². The summed E-state index contributed by atoms with van der Waals surface area (Å²) in [5.41, 5.74) is 0.614. The van der Waals surface area contributed by atoms with E-state index in [1.807, 2.05) is 0 Å². The summed E-state index contributed by atoms with van der Waals surface area (Å²) >= 11 is 0. The van der Waals surface area contributed by atoms with E-state index in [4.69, 9.17) is 9.47 Å². The summed E-state index contributed by atoms with van der Waals surface area (Å²) in [5.74, 6) is 1.25. The molecule has 0 unspecified atom stereocenters. The van der Waals surface area contributed by atoms with Crippen molar-refractivity contribution in [1.29, 1.82) is 0 Å². The Kier molecular flexibility index (Phi) is 4.65. The summed E-state index contributed by atoms with van der Waals surface area (Å²) in [4.78, 5) is 14.5. The Morgan fingerprint density at radius 3 is 2.44 bits per heavy atom. The summed E-state index contributed by atoms with van der Waals surface area (Å²) in [6.45, 7) is 0.969. The first kappa shape index (κ1) is 17.7. The summed E-state index contributed by atoms with van der Waals surface area (Å²) in [5, 5.41) is 2.37. The number of carbonyl (C=O) groups is 1. The molecule has 2 amide bonds. The Labute approximate surface area is 157 Å². The highest BCUT2D eigenvalue weighted by Crippen LogP contribution is 2.34. The minimum Gasteiger partial charge on any atom is -0.454 e. The Hall–Kier alpha value is -2.74. The number of nitrogens with one attached hydrogen (secondary N) is 1. The second kappa shape index (κ2) is 7.11.